The molecular formula is C32H55N3O7Si. The van der Waals surface area contributed by atoms with E-state index in [0.29, 0.717) is 25.2 Å². The molecule has 0 radical (unpaired) electrons. The Morgan fingerprint density at radius 3 is 1.77 bits per heavy atom. The van der Waals surface area contributed by atoms with E-state index in [1.54, 1.807) is 52.5 Å². The minimum absolute atomic E-state index is 0.0209. The second-order valence-electron chi connectivity index (χ2n) is 16.1. The third-order valence-corrected chi connectivity index (χ3v) is 11.7. The van der Waals surface area contributed by atoms with Crippen molar-refractivity contribution in [2.45, 2.75) is 137 Å². The molecule has 0 aromatic carbocycles. The Bertz CT molecular complexity index is 1150. The van der Waals surface area contributed by atoms with Crippen LogP contribution in [0.2, 0.25) is 18.1 Å². The lowest BCUT2D eigenvalue weighted by molar-refractivity contribution is 0.0271. The number of carbonyl (C=O) groups is 3. The molecule has 0 aliphatic carbocycles. The molecule has 244 valence electrons. The van der Waals surface area contributed by atoms with E-state index in [1.165, 1.54) is 0 Å². The summed E-state index contributed by atoms with van der Waals surface area (Å²) in [5.41, 5.74) is -0.835. The summed E-state index contributed by atoms with van der Waals surface area (Å²) in [6.07, 6.45) is -1.89. The zero-order valence-corrected chi connectivity index (χ0v) is 30.1. The van der Waals surface area contributed by atoms with Crippen molar-refractivity contribution in [2.24, 2.45) is 5.92 Å². The first kappa shape index (κ1) is 36.5. The molecule has 43 heavy (non-hydrogen) atoms. The Morgan fingerprint density at radius 2 is 1.33 bits per heavy atom. The first-order valence-electron chi connectivity index (χ1n) is 15.1. The van der Waals surface area contributed by atoms with E-state index in [9.17, 15) is 14.4 Å². The number of ether oxygens (including phenoxy) is 3. The first-order chi connectivity index (χ1) is 19.2. The predicted octanol–water partition coefficient (Wildman–Crippen LogP) is 7.87. The molecule has 2 atom stereocenters. The summed E-state index contributed by atoms with van der Waals surface area (Å²) in [6, 6.07) is 3.58. The molecule has 2 rings (SSSR count). The van der Waals surface area contributed by atoms with E-state index in [-0.39, 0.29) is 29.0 Å². The van der Waals surface area contributed by atoms with Gasteiger partial charge >= 0.3 is 18.3 Å². The van der Waals surface area contributed by atoms with E-state index in [4.69, 9.17) is 23.6 Å². The standard InChI is InChI=1S/C32H55N3O7Si/c1-21-16-23(33-25(17-21)35(27(37)40-30(5,6)7)28(38)41-31(8,9)10)18-22-19-34(26(36)39-29(2,3)4)20-24(22)42-43(14,15)32(11,12)13/h16-17,22,24H,18-20H2,1-15H3/t22-,24-/m0/s1. The number of hydrogen-bond acceptors (Lipinski definition) is 8. The average molecular weight is 622 g/mol. The summed E-state index contributed by atoms with van der Waals surface area (Å²) in [7, 11) is -2.19. The van der Waals surface area contributed by atoms with Crippen molar-refractivity contribution in [1.29, 1.82) is 0 Å². The second kappa shape index (κ2) is 12.8. The zero-order valence-electron chi connectivity index (χ0n) is 29.1. The van der Waals surface area contributed by atoms with E-state index in [1.807, 2.05) is 33.8 Å². The lowest BCUT2D eigenvalue weighted by Crippen LogP contribution is -2.46. The third kappa shape index (κ3) is 11.1. The predicted molar refractivity (Wildman–Crippen MR) is 171 cm³/mol. The summed E-state index contributed by atoms with van der Waals surface area (Å²) in [5.74, 6) is 0.0302. The number of carbonyl (C=O) groups excluding carboxylic acids is 3. The Hall–Kier alpha value is -2.66. The summed E-state index contributed by atoms with van der Waals surface area (Å²) >= 11 is 0. The van der Waals surface area contributed by atoms with Gasteiger partial charge in [-0.25, -0.2) is 19.4 Å². The van der Waals surface area contributed by atoms with Crippen LogP contribution in [0.1, 0.15) is 94.3 Å². The van der Waals surface area contributed by atoms with Gasteiger partial charge in [0.05, 0.1) is 6.10 Å². The zero-order chi connectivity index (χ0) is 33.3. The van der Waals surface area contributed by atoms with Crippen LogP contribution in [0.4, 0.5) is 20.2 Å². The fourth-order valence-corrected chi connectivity index (χ4v) is 5.66. The average Bonchev–Trinajstić information content (AvgIpc) is 3.10. The molecule has 0 bridgehead atoms. The van der Waals surface area contributed by atoms with E-state index >= 15 is 0 Å². The maximum atomic E-state index is 13.3. The Balaban J connectivity index is 2.49. The molecule has 0 saturated carbocycles. The highest BCUT2D eigenvalue weighted by molar-refractivity contribution is 6.74. The molecule has 0 N–H and O–H groups in total. The van der Waals surface area contributed by atoms with E-state index in [0.717, 1.165) is 10.5 Å². The summed E-state index contributed by atoms with van der Waals surface area (Å²) in [5, 5.41) is -0.0209. The molecule has 11 heteroatoms. The maximum Gasteiger partial charge on any atom is 0.425 e. The minimum atomic E-state index is -2.19. The van der Waals surface area contributed by atoms with Crippen LogP contribution in [-0.2, 0) is 25.1 Å². The van der Waals surface area contributed by atoms with Crippen molar-refractivity contribution in [2.75, 3.05) is 18.0 Å². The SMILES string of the molecule is Cc1cc(C[C@H]2CN(C(=O)OC(C)(C)C)C[C@@H]2O[Si](C)(C)C(C)(C)C)nc(N(C(=O)OC(C)(C)C)C(=O)OC(C)(C)C)c1. The molecule has 1 aliphatic heterocycles. The van der Waals surface area contributed by atoms with Crippen LogP contribution in [0.15, 0.2) is 12.1 Å². The lowest BCUT2D eigenvalue weighted by Gasteiger charge is -2.39. The van der Waals surface area contributed by atoms with Gasteiger partial charge in [-0.15, -0.1) is 0 Å². The van der Waals surface area contributed by atoms with Gasteiger partial charge in [0.25, 0.3) is 0 Å². The number of nitrogens with zero attached hydrogens (tertiary/aromatic N) is 3. The van der Waals surface area contributed by atoms with Crippen molar-refractivity contribution in [1.82, 2.24) is 9.88 Å². The molecule has 1 aromatic rings. The molecule has 10 nitrogen and oxygen atoms in total. The molecule has 0 unspecified atom stereocenters. The molecule has 1 saturated heterocycles. The molecular weight excluding hydrogens is 566 g/mol. The van der Waals surface area contributed by atoms with Gasteiger partial charge in [0.1, 0.15) is 22.6 Å². The van der Waals surface area contributed by atoms with Crippen molar-refractivity contribution >= 4 is 32.4 Å². The van der Waals surface area contributed by atoms with Gasteiger partial charge in [-0.05, 0) is 111 Å². The number of pyridine rings is 1. The van der Waals surface area contributed by atoms with Gasteiger partial charge in [-0.1, -0.05) is 20.8 Å². The largest absolute Gasteiger partial charge is 0.444 e. The monoisotopic (exact) mass is 621 g/mol. The summed E-state index contributed by atoms with van der Waals surface area (Å²) in [4.78, 5) is 46.9. The second-order valence-corrected chi connectivity index (χ2v) is 20.8. The number of likely N-dealkylation sites (tertiary alicyclic amines) is 1. The van der Waals surface area contributed by atoms with Crippen LogP contribution in [0.3, 0.4) is 0 Å². The fourth-order valence-electron chi connectivity index (χ4n) is 4.29. The number of amides is 3. The Kier molecular flexibility index (Phi) is 10.8. The molecule has 2 heterocycles. The Labute approximate surface area is 259 Å². The molecule has 1 aromatic heterocycles. The highest BCUT2D eigenvalue weighted by Crippen LogP contribution is 2.40. The van der Waals surface area contributed by atoms with Crippen LogP contribution in [-0.4, -0.2) is 72.5 Å². The van der Waals surface area contributed by atoms with Crippen LogP contribution < -0.4 is 4.90 Å². The topological polar surface area (TPSA) is 108 Å². The smallest absolute Gasteiger partial charge is 0.425 e. The van der Waals surface area contributed by atoms with Crippen LogP contribution in [0.5, 0.6) is 0 Å². The van der Waals surface area contributed by atoms with Gasteiger partial charge in [0, 0.05) is 24.7 Å². The van der Waals surface area contributed by atoms with Crippen molar-refractivity contribution in [3.63, 3.8) is 0 Å². The van der Waals surface area contributed by atoms with Crippen molar-refractivity contribution in [3.8, 4) is 0 Å². The molecule has 3 amide bonds. The number of rotatable bonds is 5. The molecule has 1 fully saturated rings. The van der Waals surface area contributed by atoms with Gasteiger partial charge in [0.15, 0.2) is 8.32 Å². The maximum absolute atomic E-state index is 13.3. The quantitative estimate of drug-likeness (QED) is 0.241. The van der Waals surface area contributed by atoms with E-state index < -0.39 is 37.3 Å². The first-order valence-corrected chi connectivity index (χ1v) is 18.0. The van der Waals surface area contributed by atoms with Gasteiger partial charge in [0.2, 0.25) is 0 Å². The highest BCUT2D eigenvalue weighted by Gasteiger charge is 2.45. The fraction of sp³-hybridized carbons (Fsp3) is 0.750. The third-order valence-electron chi connectivity index (χ3n) is 7.15. The Morgan fingerprint density at radius 1 is 0.837 bits per heavy atom. The van der Waals surface area contributed by atoms with Gasteiger partial charge in [-0.2, -0.15) is 4.90 Å². The highest BCUT2D eigenvalue weighted by atomic mass is 28.4. The summed E-state index contributed by atoms with van der Waals surface area (Å²) < 4.78 is 23.7. The van der Waals surface area contributed by atoms with Crippen molar-refractivity contribution < 1.29 is 33.0 Å². The lowest BCUT2D eigenvalue weighted by atomic mass is 9.99. The summed E-state index contributed by atoms with van der Waals surface area (Å²) in [6.45, 7) is 29.6. The molecule has 1 aliphatic rings. The molecule has 0 spiro atoms. The number of aromatic nitrogens is 1. The number of imide groups is 1. The number of anilines is 1. The van der Waals surface area contributed by atoms with Crippen molar-refractivity contribution in [3.05, 3.63) is 23.4 Å². The number of aryl methyl sites for hydroxylation is 1. The van der Waals surface area contributed by atoms with Gasteiger partial charge in [-0.3, -0.25) is 0 Å². The van der Waals surface area contributed by atoms with Crippen LogP contribution in [0.25, 0.3) is 0 Å². The van der Waals surface area contributed by atoms with Crippen LogP contribution in [0, 0.1) is 12.8 Å². The number of hydrogen-bond donors (Lipinski definition) is 0. The van der Waals surface area contributed by atoms with E-state index in [2.05, 4.69) is 33.9 Å². The van der Waals surface area contributed by atoms with Crippen LogP contribution >= 0.6 is 0 Å². The van der Waals surface area contributed by atoms with Gasteiger partial charge < -0.3 is 23.5 Å². The minimum Gasteiger partial charge on any atom is -0.444 e. The normalized spacial score (nSPS) is 18.3.